The zero-order valence-electron chi connectivity index (χ0n) is 11.0. The molecule has 104 valence electrons. The molecule has 2 bridgehead atoms. The molecule has 1 aromatic rings. The number of fused-ring (bicyclic) bond motifs is 2. The van der Waals surface area contributed by atoms with Gasteiger partial charge >= 0.3 is 0 Å². The molecule has 1 aromatic heterocycles. The maximum atomic E-state index is 11.5. The zero-order chi connectivity index (χ0) is 13.4. The Morgan fingerprint density at radius 3 is 2.84 bits per heavy atom. The van der Waals surface area contributed by atoms with Crippen molar-refractivity contribution in [2.45, 2.75) is 37.8 Å². The van der Waals surface area contributed by atoms with Gasteiger partial charge in [-0.1, -0.05) is 0 Å². The number of hydrogen-bond donors (Lipinski definition) is 2. The van der Waals surface area contributed by atoms with Gasteiger partial charge in [-0.05, 0) is 61.2 Å². The van der Waals surface area contributed by atoms with Crippen molar-refractivity contribution in [1.29, 1.82) is 0 Å². The minimum atomic E-state index is -0.0680. The van der Waals surface area contributed by atoms with Gasteiger partial charge in [0.1, 0.15) is 9.39 Å². The van der Waals surface area contributed by atoms with E-state index in [9.17, 15) is 4.79 Å². The van der Waals surface area contributed by atoms with Gasteiger partial charge in [-0.15, -0.1) is 0 Å². The third-order valence-electron chi connectivity index (χ3n) is 4.55. The summed E-state index contributed by atoms with van der Waals surface area (Å²) in [5.74, 6) is 1.42. The van der Waals surface area contributed by atoms with Gasteiger partial charge in [0.05, 0.1) is 6.33 Å². The molecule has 0 saturated carbocycles. The van der Waals surface area contributed by atoms with E-state index < -0.39 is 0 Å². The number of H-pyrrole nitrogens is 1. The van der Waals surface area contributed by atoms with Crippen LogP contribution in [0, 0.1) is 9.49 Å². The van der Waals surface area contributed by atoms with Gasteiger partial charge in [-0.2, -0.15) is 0 Å². The van der Waals surface area contributed by atoms with Gasteiger partial charge in [-0.25, -0.2) is 4.98 Å². The van der Waals surface area contributed by atoms with Gasteiger partial charge in [-0.3, -0.25) is 4.79 Å². The fourth-order valence-corrected chi connectivity index (χ4v) is 3.92. The van der Waals surface area contributed by atoms with Crippen LogP contribution >= 0.6 is 22.6 Å². The Labute approximate surface area is 126 Å². The smallest absolute Gasteiger partial charge is 0.266 e. The van der Waals surface area contributed by atoms with Gasteiger partial charge < -0.3 is 15.2 Å². The molecule has 0 radical (unpaired) electrons. The number of aromatic amines is 1. The highest BCUT2D eigenvalue weighted by atomic mass is 127. The summed E-state index contributed by atoms with van der Waals surface area (Å²) in [5, 5.41) is 3.35. The molecule has 6 heteroatoms. The normalized spacial score (nSPS) is 30.5. The lowest BCUT2D eigenvalue weighted by molar-refractivity contribution is 0.139. The summed E-state index contributed by atoms with van der Waals surface area (Å²) in [6, 6.07) is 1.52. The van der Waals surface area contributed by atoms with Crippen molar-refractivity contribution in [2.75, 3.05) is 18.9 Å². The SMILES string of the molecule is CN1C2CCC1CC(CNc1nc[nH]c(=O)c1I)C2. The van der Waals surface area contributed by atoms with Gasteiger partial charge in [0.2, 0.25) is 0 Å². The van der Waals surface area contributed by atoms with Crippen LogP contribution in [0.1, 0.15) is 25.7 Å². The van der Waals surface area contributed by atoms with E-state index in [0.29, 0.717) is 9.49 Å². The first-order chi connectivity index (χ1) is 9.15. The van der Waals surface area contributed by atoms with Crippen LogP contribution in [-0.4, -0.2) is 40.5 Å². The minimum Gasteiger partial charge on any atom is -0.369 e. The summed E-state index contributed by atoms with van der Waals surface area (Å²) in [6.07, 6.45) is 6.68. The highest BCUT2D eigenvalue weighted by Crippen LogP contribution is 2.37. The van der Waals surface area contributed by atoms with E-state index in [2.05, 4.69) is 27.2 Å². The van der Waals surface area contributed by atoms with E-state index in [0.717, 1.165) is 24.4 Å². The Kier molecular flexibility index (Phi) is 3.79. The summed E-state index contributed by atoms with van der Waals surface area (Å²) in [7, 11) is 2.26. The molecule has 2 fully saturated rings. The van der Waals surface area contributed by atoms with E-state index in [1.54, 1.807) is 0 Å². The number of rotatable bonds is 3. The number of piperidine rings is 1. The second kappa shape index (κ2) is 5.40. The van der Waals surface area contributed by atoms with E-state index in [4.69, 9.17) is 0 Å². The molecule has 3 rings (SSSR count). The average Bonchev–Trinajstić information content (AvgIpc) is 2.64. The highest BCUT2D eigenvalue weighted by molar-refractivity contribution is 14.1. The Morgan fingerprint density at radius 2 is 2.16 bits per heavy atom. The Morgan fingerprint density at radius 1 is 1.47 bits per heavy atom. The van der Waals surface area contributed by atoms with Crippen LogP contribution < -0.4 is 10.9 Å². The van der Waals surface area contributed by atoms with Crippen LogP contribution in [-0.2, 0) is 0 Å². The van der Waals surface area contributed by atoms with Crippen molar-refractivity contribution in [3.63, 3.8) is 0 Å². The molecule has 0 aromatic carbocycles. The standard InChI is InChI=1S/C13H19IN4O/c1-18-9-2-3-10(18)5-8(4-9)6-15-12-11(14)13(19)17-7-16-12/h7-10H,2-6H2,1H3,(H2,15,16,17,19). The van der Waals surface area contributed by atoms with Crippen molar-refractivity contribution in [3.05, 3.63) is 20.3 Å². The van der Waals surface area contributed by atoms with Crippen molar-refractivity contribution < 1.29 is 0 Å². The molecule has 3 heterocycles. The number of nitrogens with one attached hydrogen (secondary N) is 2. The van der Waals surface area contributed by atoms with Gasteiger partial charge in [0, 0.05) is 18.6 Å². The first-order valence-electron chi connectivity index (χ1n) is 6.84. The predicted octanol–water partition coefficient (Wildman–Crippen LogP) is 1.66. The number of anilines is 1. The lowest BCUT2D eigenvalue weighted by Gasteiger charge is -2.36. The second-order valence-electron chi connectivity index (χ2n) is 5.66. The molecule has 2 aliphatic rings. The molecular formula is C13H19IN4O. The monoisotopic (exact) mass is 374 g/mol. The first-order valence-corrected chi connectivity index (χ1v) is 7.92. The Hall–Kier alpha value is -0.630. The summed E-state index contributed by atoms with van der Waals surface area (Å²) in [5.41, 5.74) is -0.0680. The Balaban J connectivity index is 1.61. The van der Waals surface area contributed by atoms with Crippen LogP contribution in [0.25, 0.3) is 0 Å². The third-order valence-corrected chi connectivity index (χ3v) is 5.55. The molecule has 19 heavy (non-hydrogen) atoms. The van der Waals surface area contributed by atoms with E-state index in [1.807, 2.05) is 22.6 Å². The van der Waals surface area contributed by atoms with Crippen molar-refractivity contribution in [3.8, 4) is 0 Å². The van der Waals surface area contributed by atoms with Gasteiger partial charge in [0.15, 0.2) is 0 Å². The summed E-state index contributed by atoms with van der Waals surface area (Å²) in [4.78, 5) is 20.8. The van der Waals surface area contributed by atoms with Crippen LogP contribution in [0.3, 0.4) is 0 Å². The maximum absolute atomic E-state index is 11.5. The summed E-state index contributed by atoms with van der Waals surface area (Å²) < 4.78 is 0.649. The molecular weight excluding hydrogens is 355 g/mol. The lowest BCUT2D eigenvalue weighted by atomic mass is 9.91. The Bertz CT molecular complexity index is 504. The fraction of sp³-hybridized carbons (Fsp3) is 0.692. The maximum Gasteiger partial charge on any atom is 0.266 e. The molecule has 5 nitrogen and oxygen atoms in total. The predicted molar refractivity (Wildman–Crippen MR) is 83.4 cm³/mol. The molecule has 2 N–H and O–H groups in total. The van der Waals surface area contributed by atoms with Crippen LogP contribution in [0.2, 0.25) is 0 Å². The van der Waals surface area contributed by atoms with Crippen LogP contribution in [0.15, 0.2) is 11.1 Å². The first kappa shape index (κ1) is 13.4. The number of hydrogen-bond acceptors (Lipinski definition) is 4. The van der Waals surface area contributed by atoms with Crippen molar-refractivity contribution >= 4 is 28.4 Å². The molecule has 2 aliphatic heterocycles. The van der Waals surface area contributed by atoms with Crippen LogP contribution in [0.5, 0.6) is 0 Å². The summed E-state index contributed by atoms with van der Waals surface area (Å²) >= 11 is 2.05. The molecule has 0 spiro atoms. The van der Waals surface area contributed by atoms with Gasteiger partial charge in [0.25, 0.3) is 5.56 Å². The minimum absolute atomic E-state index is 0.0680. The van der Waals surface area contributed by atoms with Crippen LogP contribution in [0.4, 0.5) is 5.82 Å². The third kappa shape index (κ3) is 2.65. The topological polar surface area (TPSA) is 61.0 Å². The molecule has 0 amide bonds. The highest BCUT2D eigenvalue weighted by Gasteiger charge is 2.38. The quantitative estimate of drug-likeness (QED) is 0.791. The van der Waals surface area contributed by atoms with Crippen molar-refractivity contribution in [1.82, 2.24) is 14.9 Å². The molecule has 2 saturated heterocycles. The van der Waals surface area contributed by atoms with E-state index >= 15 is 0 Å². The van der Waals surface area contributed by atoms with E-state index in [-0.39, 0.29) is 5.56 Å². The van der Waals surface area contributed by atoms with Crippen molar-refractivity contribution in [2.24, 2.45) is 5.92 Å². The largest absolute Gasteiger partial charge is 0.369 e. The van der Waals surface area contributed by atoms with E-state index in [1.165, 1.54) is 32.0 Å². The lowest BCUT2D eigenvalue weighted by Crippen LogP contribution is -2.41. The average molecular weight is 374 g/mol. The number of nitrogens with zero attached hydrogens (tertiary/aromatic N) is 2. The second-order valence-corrected chi connectivity index (χ2v) is 6.74. The number of halogens is 1. The molecule has 2 unspecified atom stereocenters. The zero-order valence-corrected chi connectivity index (χ0v) is 13.2. The molecule has 0 aliphatic carbocycles. The molecule has 2 atom stereocenters. The summed E-state index contributed by atoms with van der Waals surface area (Å²) in [6.45, 7) is 0.924. The fourth-order valence-electron chi connectivity index (χ4n) is 3.44. The number of aromatic nitrogens is 2.